The van der Waals surface area contributed by atoms with E-state index in [1.54, 1.807) is 13.8 Å². The standard InChI is InChI=1S/C9H13N.C7H12O4/c1-10(2)8-9-6-4-3-5-7-9;1-3-10-6(8)5-7(9)11-4-2/h3-7H,8H2,1-2H3;3-5H2,1-2H3. The molecule has 0 N–H and O–H groups in total. The van der Waals surface area contributed by atoms with Gasteiger partial charge in [0, 0.05) is 6.54 Å². The number of hydrogen-bond acceptors (Lipinski definition) is 5. The van der Waals surface area contributed by atoms with Gasteiger partial charge in [0.15, 0.2) is 0 Å². The molecule has 0 aliphatic heterocycles. The first-order valence-corrected chi connectivity index (χ1v) is 6.99. The maximum absolute atomic E-state index is 10.6. The number of benzene rings is 1. The Hall–Kier alpha value is -1.88. The molecule has 0 spiro atoms. The van der Waals surface area contributed by atoms with Crippen molar-refractivity contribution in [1.82, 2.24) is 4.90 Å². The van der Waals surface area contributed by atoms with Crippen LogP contribution in [-0.2, 0) is 25.6 Å². The average Bonchev–Trinajstić information content (AvgIpc) is 2.40. The molecule has 0 amide bonds. The van der Waals surface area contributed by atoms with Crippen molar-refractivity contribution in [2.75, 3.05) is 27.3 Å². The van der Waals surface area contributed by atoms with Crippen molar-refractivity contribution in [3.8, 4) is 0 Å². The predicted molar refractivity (Wildman–Crippen MR) is 81.7 cm³/mol. The van der Waals surface area contributed by atoms with Crippen LogP contribution in [-0.4, -0.2) is 44.1 Å². The van der Waals surface area contributed by atoms with Crippen LogP contribution in [0.4, 0.5) is 0 Å². The Morgan fingerprint density at radius 1 is 0.952 bits per heavy atom. The first-order chi connectivity index (χ1) is 9.99. The lowest BCUT2D eigenvalue weighted by molar-refractivity contribution is -0.153. The number of hydrogen-bond donors (Lipinski definition) is 0. The van der Waals surface area contributed by atoms with Crippen LogP contribution in [0.2, 0.25) is 0 Å². The van der Waals surface area contributed by atoms with Crippen LogP contribution in [0.5, 0.6) is 0 Å². The zero-order chi connectivity index (χ0) is 16.1. The predicted octanol–water partition coefficient (Wildman–Crippen LogP) is 2.25. The van der Waals surface area contributed by atoms with E-state index in [4.69, 9.17) is 0 Å². The number of ether oxygens (including phenoxy) is 2. The fourth-order valence-electron chi connectivity index (χ4n) is 1.49. The van der Waals surface area contributed by atoms with Crippen molar-refractivity contribution in [3.05, 3.63) is 35.9 Å². The van der Waals surface area contributed by atoms with E-state index in [9.17, 15) is 9.59 Å². The van der Waals surface area contributed by atoms with Gasteiger partial charge in [-0.3, -0.25) is 9.59 Å². The maximum atomic E-state index is 10.6. The summed E-state index contributed by atoms with van der Waals surface area (Å²) in [6.45, 7) is 4.98. The quantitative estimate of drug-likeness (QED) is 0.595. The fraction of sp³-hybridized carbons (Fsp3) is 0.500. The van der Waals surface area contributed by atoms with Gasteiger partial charge in [-0.2, -0.15) is 0 Å². The summed E-state index contributed by atoms with van der Waals surface area (Å²) in [5.74, 6) is -1.07. The summed E-state index contributed by atoms with van der Waals surface area (Å²) >= 11 is 0. The number of rotatable bonds is 6. The Balaban J connectivity index is 0.000000382. The summed E-state index contributed by atoms with van der Waals surface area (Å²) in [6.07, 6.45) is -0.290. The van der Waals surface area contributed by atoms with Gasteiger partial charge in [-0.1, -0.05) is 30.3 Å². The van der Waals surface area contributed by atoms with Crippen molar-refractivity contribution in [2.24, 2.45) is 0 Å². The van der Waals surface area contributed by atoms with Crippen molar-refractivity contribution >= 4 is 11.9 Å². The molecule has 1 rings (SSSR count). The highest BCUT2D eigenvalue weighted by molar-refractivity contribution is 5.91. The van der Waals surface area contributed by atoms with Crippen LogP contribution < -0.4 is 0 Å². The van der Waals surface area contributed by atoms with E-state index in [0.29, 0.717) is 0 Å². The van der Waals surface area contributed by atoms with Gasteiger partial charge in [-0.15, -0.1) is 0 Å². The molecule has 0 bridgehead atoms. The Morgan fingerprint density at radius 2 is 1.43 bits per heavy atom. The minimum Gasteiger partial charge on any atom is -0.466 e. The molecule has 5 heteroatoms. The third-order valence-corrected chi connectivity index (χ3v) is 2.24. The topological polar surface area (TPSA) is 55.8 Å². The van der Waals surface area contributed by atoms with Gasteiger partial charge >= 0.3 is 11.9 Å². The summed E-state index contributed by atoms with van der Waals surface area (Å²) in [5.41, 5.74) is 1.37. The molecule has 0 heterocycles. The van der Waals surface area contributed by atoms with Crippen LogP contribution >= 0.6 is 0 Å². The van der Waals surface area contributed by atoms with Crippen molar-refractivity contribution < 1.29 is 19.1 Å². The van der Waals surface area contributed by atoms with Gasteiger partial charge in [-0.05, 0) is 33.5 Å². The molecule has 0 radical (unpaired) electrons. The summed E-state index contributed by atoms with van der Waals surface area (Å²) in [6, 6.07) is 10.5. The molecular formula is C16H25NO4. The van der Waals surface area contributed by atoms with Crippen LogP contribution in [0.3, 0.4) is 0 Å². The first kappa shape index (κ1) is 19.1. The summed E-state index contributed by atoms with van der Waals surface area (Å²) in [7, 11) is 4.15. The second-order valence-electron chi connectivity index (χ2n) is 4.51. The van der Waals surface area contributed by atoms with Crippen LogP contribution in [0.15, 0.2) is 30.3 Å². The Labute approximate surface area is 126 Å². The van der Waals surface area contributed by atoms with E-state index in [2.05, 4.69) is 52.7 Å². The van der Waals surface area contributed by atoms with Gasteiger partial charge in [0.05, 0.1) is 13.2 Å². The van der Waals surface area contributed by atoms with Crippen LogP contribution in [0.25, 0.3) is 0 Å². The lowest BCUT2D eigenvalue weighted by Crippen LogP contribution is -2.13. The Bertz CT molecular complexity index is 388. The second kappa shape index (κ2) is 11.9. The highest BCUT2D eigenvalue weighted by Gasteiger charge is 2.09. The lowest BCUT2D eigenvalue weighted by Gasteiger charge is -2.08. The number of carbonyl (C=O) groups is 2. The van der Waals surface area contributed by atoms with Crippen molar-refractivity contribution in [3.63, 3.8) is 0 Å². The summed E-state index contributed by atoms with van der Waals surface area (Å²) in [4.78, 5) is 23.4. The zero-order valence-electron chi connectivity index (χ0n) is 13.3. The molecule has 118 valence electrons. The average molecular weight is 295 g/mol. The Kier molecular flexibility index (Phi) is 10.8. The Morgan fingerprint density at radius 3 is 1.81 bits per heavy atom. The minimum atomic E-state index is -0.536. The third-order valence-electron chi connectivity index (χ3n) is 2.24. The number of esters is 2. The van der Waals surface area contributed by atoms with Gasteiger partial charge in [-0.25, -0.2) is 0 Å². The molecule has 0 fully saturated rings. The van der Waals surface area contributed by atoms with E-state index < -0.39 is 11.9 Å². The molecule has 0 atom stereocenters. The molecule has 5 nitrogen and oxygen atoms in total. The molecular weight excluding hydrogens is 270 g/mol. The second-order valence-corrected chi connectivity index (χ2v) is 4.51. The molecule has 0 saturated heterocycles. The molecule has 0 aliphatic rings. The highest BCUT2D eigenvalue weighted by atomic mass is 16.5. The highest BCUT2D eigenvalue weighted by Crippen LogP contribution is 1.99. The van der Waals surface area contributed by atoms with Gasteiger partial charge in [0.25, 0.3) is 0 Å². The van der Waals surface area contributed by atoms with Gasteiger partial charge < -0.3 is 14.4 Å². The van der Waals surface area contributed by atoms with E-state index in [1.165, 1.54) is 5.56 Å². The molecule has 0 aromatic heterocycles. The third kappa shape index (κ3) is 11.6. The molecule has 21 heavy (non-hydrogen) atoms. The maximum Gasteiger partial charge on any atom is 0.317 e. The molecule has 0 aliphatic carbocycles. The van der Waals surface area contributed by atoms with Gasteiger partial charge in [0.2, 0.25) is 0 Å². The lowest BCUT2D eigenvalue weighted by atomic mass is 10.2. The number of nitrogens with zero attached hydrogens (tertiary/aromatic N) is 1. The van der Waals surface area contributed by atoms with E-state index in [0.717, 1.165) is 6.54 Å². The van der Waals surface area contributed by atoms with Crippen molar-refractivity contribution in [1.29, 1.82) is 0 Å². The minimum absolute atomic E-state index is 0.290. The molecule has 0 saturated carbocycles. The summed E-state index contributed by atoms with van der Waals surface area (Å²) < 4.78 is 9.04. The zero-order valence-corrected chi connectivity index (χ0v) is 13.3. The number of carbonyl (C=O) groups excluding carboxylic acids is 2. The largest absolute Gasteiger partial charge is 0.466 e. The summed E-state index contributed by atoms with van der Waals surface area (Å²) in [5, 5.41) is 0. The van der Waals surface area contributed by atoms with Gasteiger partial charge in [0.1, 0.15) is 6.42 Å². The molecule has 0 unspecified atom stereocenters. The smallest absolute Gasteiger partial charge is 0.317 e. The molecule has 1 aromatic rings. The van der Waals surface area contributed by atoms with E-state index in [1.807, 2.05) is 6.07 Å². The van der Waals surface area contributed by atoms with E-state index >= 15 is 0 Å². The van der Waals surface area contributed by atoms with Crippen LogP contribution in [0, 0.1) is 0 Å². The van der Waals surface area contributed by atoms with E-state index in [-0.39, 0.29) is 19.6 Å². The van der Waals surface area contributed by atoms with Crippen LogP contribution in [0.1, 0.15) is 25.8 Å². The van der Waals surface area contributed by atoms with Crippen molar-refractivity contribution in [2.45, 2.75) is 26.8 Å². The first-order valence-electron chi connectivity index (χ1n) is 6.99. The fourth-order valence-corrected chi connectivity index (χ4v) is 1.49. The monoisotopic (exact) mass is 295 g/mol. The molecule has 1 aromatic carbocycles. The SMILES string of the molecule is CCOC(=O)CC(=O)OCC.CN(C)Cc1ccccc1. The normalized spacial score (nSPS) is 9.57.